The highest BCUT2D eigenvalue weighted by atomic mass is 32.2. The number of para-hydroxylation sites is 1. The van der Waals surface area contributed by atoms with Gasteiger partial charge in [0.1, 0.15) is 5.25 Å². The van der Waals surface area contributed by atoms with Gasteiger partial charge in [-0.15, -0.1) is 10.2 Å². The summed E-state index contributed by atoms with van der Waals surface area (Å²) in [6.45, 7) is 2.14. The topological polar surface area (TPSA) is 76.5 Å². The highest BCUT2D eigenvalue weighted by molar-refractivity contribution is 8.00. The summed E-state index contributed by atoms with van der Waals surface area (Å²) < 4.78 is 2.03. The number of aryl methyl sites for hydroxylation is 1. The molecular formula is C31H25N5OS. The number of pyridine rings is 1. The molecule has 3 aromatic heterocycles. The van der Waals surface area contributed by atoms with Gasteiger partial charge in [-0.3, -0.25) is 14.3 Å². The van der Waals surface area contributed by atoms with E-state index >= 15 is 0 Å². The van der Waals surface area contributed by atoms with Crippen molar-refractivity contribution in [2.24, 2.45) is 0 Å². The summed E-state index contributed by atoms with van der Waals surface area (Å²) in [7, 11) is 0. The van der Waals surface area contributed by atoms with Gasteiger partial charge in [0.2, 0.25) is 0 Å². The predicted octanol–water partition coefficient (Wildman–Crippen LogP) is 7.09. The highest BCUT2D eigenvalue weighted by Crippen LogP contribution is 2.40. The molecule has 38 heavy (non-hydrogen) atoms. The monoisotopic (exact) mass is 515 g/mol. The van der Waals surface area contributed by atoms with Gasteiger partial charge in [-0.25, -0.2) is 0 Å². The lowest BCUT2D eigenvalue weighted by Crippen LogP contribution is -2.11. The summed E-state index contributed by atoms with van der Waals surface area (Å²) in [5.41, 5.74) is 5.60. The molecule has 1 atom stereocenters. The minimum absolute atomic E-state index is 0.0139. The van der Waals surface area contributed by atoms with Crippen molar-refractivity contribution < 1.29 is 4.79 Å². The Kier molecular flexibility index (Phi) is 6.58. The predicted molar refractivity (Wildman–Crippen MR) is 152 cm³/mol. The van der Waals surface area contributed by atoms with E-state index in [0.29, 0.717) is 16.5 Å². The first kappa shape index (κ1) is 23.9. The number of nitrogens with zero attached hydrogens (tertiary/aromatic N) is 4. The fraction of sp³-hybridized carbons (Fsp3) is 0.0968. The van der Waals surface area contributed by atoms with E-state index in [2.05, 4.69) is 51.4 Å². The molecule has 7 heteroatoms. The molecule has 0 fully saturated rings. The van der Waals surface area contributed by atoms with Gasteiger partial charge < -0.3 is 4.98 Å². The zero-order chi connectivity index (χ0) is 25.9. The summed E-state index contributed by atoms with van der Waals surface area (Å²) >= 11 is 1.41. The maximum absolute atomic E-state index is 14.1. The SMILES string of the molecule is CCc1ccc(-n2c(SC(C(=O)c3c[nH]c4ccccc34)c3ccccc3)nnc2-c2ccncc2)cc1. The molecule has 3 aromatic carbocycles. The average molecular weight is 516 g/mol. The van der Waals surface area contributed by atoms with Gasteiger partial charge in [0.15, 0.2) is 16.8 Å². The van der Waals surface area contributed by atoms with Crippen LogP contribution < -0.4 is 0 Å². The van der Waals surface area contributed by atoms with Gasteiger partial charge in [-0.05, 0) is 47.9 Å². The van der Waals surface area contributed by atoms with Crippen LogP contribution in [-0.4, -0.2) is 30.5 Å². The molecule has 6 rings (SSSR count). The van der Waals surface area contributed by atoms with E-state index < -0.39 is 5.25 Å². The average Bonchev–Trinajstić information content (AvgIpc) is 3.61. The molecule has 186 valence electrons. The van der Waals surface area contributed by atoms with Crippen LogP contribution in [0.2, 0.25) is 0 Å². The number of aromatic nitrogens is 5. The lowest BCUT2D eigenvalue weighted by molar-refractivity contribution is 0.0991. The lowest BCUT2D eigenvalue weighted by Gasteiger charge is -2.17. The first-order chi connectivity index (χ1) is 18.7. The van der Waals surface area contributed by atoms with Gasteiger partial charge >= 0.3 is 0 Å². The molecule has 0 aliphatic heterocycles. The van der Waals surface area contributed by atoms with Crippen LogP contribution in [0.1, 0.15) is 33.7 Å². The number of carbonyl (C=O) groups excluding carboxylic acids is 1. The van der Waals surface area contributed by atoms with Gasteiger partial charge in [-0.2, -0.15) is 0 Å². The summed E-state index contributed by atoms with van der Waals surface area (Å²) in [4.78, 5) is 21.5. The molecule has 1 N–H and O–H groups in total. The van der Waals surface area contributed by atoms with Crippen molar-refractivity contribution in [2.45, 2.75) is 23.8 Å². The quantitative estimate of drug-likeness (QED) is 0.173. The van der Waals surface area contributed by atoms with Crippen LogP contribution in [0.3, 0.4) is 0 Å². The number of fused-ring (bicyclic) bond motifs is 1. The second-order valence-corrected chi connectivity index (χ2v) is 9.99. The molecule has 0 saturated carbocycles. The largest absolute Gasteiger partial charge is 0.360 e. The summed E-state index contributed by atoms with van der Waals surface area (Å²) in [6, 6.07) is 30.0. The Hall–Kier alpha value is -4.49. The van der Waals surface area contributed by atoms with E-state index in [-0.39, 0.29) is 5.78 Å². The molecule has 1 unspecified atom stereocenters. The summed E-state index contributed by atoms with van der Waals surface area (Å²) in [6.07, 6.45) is 6.25. The van der Waals surface area contributed by atoms with Gasteiger partial charge in [0.05, 0.1) is 0 Å². The number of H-pyrrole nitrogens is 1. The number of aromatic amines is 1. The number of hydrogen-bond acceptors (Lipinski definition) is 5. The molecule has 0 bridgehead atoms. The standard InChI is InChI=1S/C31H25N5OS/c1-2-21-12-14-24(15-13-21)36-30(23-16-18-32-19-17-23)34-35-31(36)38-29(22-8-4-3-5-9-22)28(37)26-20-33-27-11-7-6-10-25(26)27/h3-20,29,33H,2H2,1H3. The molecule has 0 aliphatic carbocycles. The Morgan fingerprint density at radius 3 is 2.39 bits per heavy atom. The van der Waals surface area contributed by atoms with E-state index in [4.69, 9.17) is 0 Å². The smallest absolute Gasteiger partial charge is 0.197 e. The van der Waals surface area contributed by atoms with E-state index in [9.17, 15) is 4.79 Å². The molecule has 6 aromatic rings. The first-order valence-corrected chi connectivity index (χ1v) is 13.4. The third-order valence-electron chi connectivity index (χ3n) is 6.59. The van der Waals surface area contributed by atoms with Crippen LogP contribution in [0.4, 0.5) is 0 Å². The Morgan fingerprint density at radius 2 is 1.63 bits per heavy atom. The maximum atomic E-state index is 14.1. The normalized spacial score (nSPS) is 12.0. The van der Waals surface area contributed by atoms with Crippen molar-refractivity contribution in [1.82, 2.24) is 24.7 Å². The minimum Gasteiger partial charge on any atom is -0.360 e. The number of carbonyl (C=O) groups is 1. The number of rotatable bonds is 8. The Balaban J connectivity index is 1.47. The van der Waals surface area contributed by atoms with Gasteiger partial charge in [0.25, 0.3) is 0 Å². The zero-order valence-electron chi connectivity index (χ0n) is 20.8. The third-order valence-corrected chi connectivity index (χ3v) is 7.79. The van der Waals surface area contributed by atoms with E-state index in [0.717, 1.165) is 34.1 Å². The number of ketones is 1. The number of thioether (sulfide) groups is 1. The maximum Gasteiger partial charge on any atom is 0.197 e. The second-order valence-electron chi connectivity index (χ2n) is 8.92. The number of benzene rings is 3. The third kappa shape index (κ3) is 4.53. The van der Waals surface area contributed by atoms with Crippen LogP contribution in [0, 0.1) is 0 Å². The zero-order valence-corrected chi connectivity index (χ0v) is 21.6. The molecule has 0 amide bonds. The lowest BCUT2D eigenvalue weighted by atomic mass is 10.0. The summed E-state index contributed by atoms with van der Waals surface area (Å²) in [5, 5.41) is 10.2. The minimum atomic E-state index is -0.515. The highest BCUT2D eigenvalue weighted by Gasteiger charge is 2.29. The van der Waals surface area contributed by atoms with E-state index in [1.807, 2.05) is 71.3 Å². The molecule has 0 aliphatic rings. The molecule has 0 saturated heterocycles. The van der Waals surface area contributed by atoms with Crippen LogP contribution >= 0.6 is 11.8 Å². The summed E-state index contributed by atoms with van der Waals surface area (Å²) in [5.74, 6) is 0.713. The van der Waals surface area contributed by atoms with Gasteiger partial charge in [0, 0.05) is 46.3 Å². The number of nitrogens with one attached hydrogen (secondary N) is 1. The van der Waals surface area contributed by atoms with Crippen LogP contribution in [0.25, 0.3) is 28.0 Å². The van der Waals surface area contributed by atoms with E-state index in [1.165, 1.54) is 17.3 Å². The Morgan fingerprint density at radius 1 is 0.895 bits per heavy atom. The van der Waals surface area contributed by atoms with Crippen molar-refractivity contribution in [2.75, 3.05) is 0 Å². The second kappa shape index (κ2) is 10.5. The van der Waals surface area contributed by atoms with E-state index in [1.54, 1.807) is 18.6 Å². The Bertz CT molecular complexity index is 1690. The Labute approximate surface area is 224 Å². The molecule has 3 heterocycles. The number of Topliss-reactive ketones (excluding diaryl/α,β-unsaturated/α-hetero) is 1. The molecule has 0 spiro atoms. The van der Waals surface area contributed by atoms with Crippen molar-refractivity contribution in [3.8, 4) is 17.1 Å². The molecule has 0 radical (unpaired) electrons. The van der Waals surface area contributed by atoms with Crippen LogP contribution in [-0.2, 0) is 6.42 Å². The number of hydrogen-bond donors (Lipinski definition) is 1. The fourth-order valence-electron chi connectivity index (χ4n) is 4.57. The van der Waals surface area contributed by atoms with Crippen LogP contribution in [0.15, 0.2) is 115 Å². The van der Waals surface area contributed by atoms with Crippen molar-refractivity contribution in [3.63, 3.8) is 0 Å². The molecule has 6 nitrogen and oxygen atoms in total. The van der Waals surface area contributed by atoms with Crippen molar-refractivity contribution in [3.05, 3.63) is 126 Å². The van der Waals surface area contributed by atoms with Crippen molar-refractivity contribution in [1.29, 1.82) is 0 Å². The first-order valence-electron chi connectivity index (χ1n) is 12.5. The van der Waals surface area contributed by atoms with Gasteiger partial charge in [-0.1, -0.05) is 79.3 Å². The molecular weight excluding hydrogens is 490 g/mol. The van der Waals surface area contributed by atoms with Crippen molar-refractivity contribution >= 4 is 28.4 Å². The fourth-order valence-corrected chi connectivity index (χ4v) is 5.69. The van der Waals surface area contributed by atoms with Crippen LogP contribution in [0.5, 0.6) is 0 Å².